The van der Waals surface area contributed by atoms with Gasteiger partial charge in [-0.3, -0.25) is 0 Å². The first-order chi connectivity index (χ1) is 8.45. The largest absolute Gasteiger partial charge is 0.310 e. The van der Waals surface area contributed by atoms with Gasteiger partial charge in [0.25, 0.3) is 0 Å². The molecule has 1 aromatic rings. The molecule has 1 atom stereocenters. The van der Waals surface area contributed by atoms with Crippen LogP contribution in [0.4, 0.5) is 0 Å². The van der Waals surface area contributed by atoms with E-state index in [1.165, 1.54) is 25.3 Å². The molecule has 0 aliphatic heterocycles. The van der Waals surface area contributed by atoms with Gasteiger partial charge in [0.05, 0.1) is 4.90 Å². The van der Waals surface area contributed by atoms with Crippen molar-refractivity contribution in [3.63, 3.8) is 0 Å². The van der Waals surface area contributed by atoms with E-state index in [2.05, 4.69) is 12.2 Å². The molecule has 1 unspecified atom stereocenters. The smallest absolute Gasteiger partial charge is 0.238 e. The molecule has 0 bridgehead atoms. The zero-order valence-corrected chi connectivity index (χ0v) is 11.4. The zero-order valence-electron chi connectivity index (χ0n) is 10.6. The van der Waals surface area contributed by atoms with Crippen LogP contribution < -0.4 is 10.5 Å². The van der Waals surface area contributed by atoms with Crippen LogP contribution in [0.2, 0.25) is 0 Å². The molecule has 5 heteroatoms. The van der Waals surface area contributed by atoms with Gasteiger partial charge in [-0.2, -0.15) is 0 Å². The van der Waals surface area contributed by atoms with Crippen LogP contribution in [0.3, 0.4) is 0 Å². The van der Waals surface area contributed by atoms with E-state index in [-0.39, 0.29) is 4.90 Å². The summed E-state index contributed by atoms with van der Waals surface area (Å²) in [5.41, 5.74) is 0.948. The standard InChI is InChI=1S/C13H20N2O2S/c1-10(7-11-5-6-11)15-9-12-3-2-4-13(8-12)18(14,16)17/h2-4,8,10-11,15H,5-7,9H2,1H3,(H2,14,16,17). The van der Waals surface area contributed by atoms with E-state index in [9.17, 15) is 8.42 Å². The summed E-state index contributed by atoms with van der Waals surface area (Å²) in [5, 5.41) is 8.52. The summed E-state index contributed by atoms with van der Waals surface area (Å²) in [6, 6.07) is 7.25. The van der Waals surface area contributed by atoms with E-state index in [1.807, 2.05) is 6.07 Å². The van der Waals surface area contributed by atoms with Crippen molar-refractivity contribution in [2.24, 2.45) is 11.1 Å². The van der Waals surface area contributed by atoms with Crippen LogP contribution in [0.1, 0.15) is 31.7 Å². The number of nitrogens with one attached hydrogen (secondary N) is 1. The molecule has 1 saturated carbocycles. The molecular formula is C13H20N2O2S. The van der Waals surface area contributed by atoms with Gasteiger partial charge in [0, 0.05) is 12.6 Å². The van der Waals surface area contributed by atoms with Crippen LogP contribution in [0, 0.1) is 5.92 Å². The van der Waals surface area contributed by atoms with E-state index in [0.717, 1.165) is 11.5 Å². The van der Waals surface area contributed by atoms with E-state index in [0.29, 0.717) is 12.6 Å². The summed E-state index contributed by atoms with van der Waals surface area (Å²) in [4.78, 5) is 0.177. The normalized spacial score (nSPS) is 17.7. The van der Waals surface area contributed by atoms with Crippen molar-refractivity contribution >= 4 is 10.0 Å². The van der Waals surface area contributed by atoms with Crippen molar-refractivity contribution in [1.29, 1.82) is 0 Å². The van der Waals surface area contributed by atoms with Gasteiger partial charge < -0.3 is 5.32 Å². The number of nitrogens with two attached hydrogens (primary N) is 1. The van der Waals surface area contributed by atoms with E-state index < -0.39 is 10.0 Å². The van der Waals surface area contributed by atoms with Crippen LogP contribution in [0.15, 0.2) is 29.2 Å². The fourth-order valence-corrected chi connectivity index (χ4v) is 2.65. The van der Waals surface area contributed by atoms with E-state index >= 15 is 0 Å². The van der Waals surface area contributed by atoms with Crippen LogP contribution in [0.5, 0.6) is 0 Å². The average molecular weight is 268 g/mol. The van der Waals surface area contributed by atoms with Crippen LogP contribution in [-0.4, -0.2) is 14.5 Å². The maximum absolute atomic E-state index is 11.2. The highest BCUT2D eigenvalue weighted by atomic mass is 32.2. The molecule has 1 aliphatic rings. The molecule has 1 aliphatic carbocycles. The Balaban J connectivity index is 1.92. The molecule has 100 valence electrons. The number of primary sulfonamides is 1. The summed E-state index contributed by atoms with van der Waals surface area (Å²) in [6.45, 7) is 2.85. The fraction of sp³-hybridized carbons (Fsp3) is 0.538. The molecule has 2 rings (SSSR count). The van der Waals surface area contributed by atoms with E-state index in [4.69, 9.17) is 5.14 Å². The van der Waals surface area contributed by atoms with Crippen molar-refractivity contribution in [3.05, 3.63) is 29.8 Å². The summed E-state index contributed by atoms with van der Waals surface area (Å²) in [6.07, 6.45) is 3.91. The van der Waals surface area contributed by atoms with Gasteiger partial charge in [-0.15, -0.1) is 0 Å². The SMILES string of the molecule is CC(CC1CC1)NCc1cccc(S(N)(=O)=O)c1. The predicted octanol–water partition coefficient (Wildman–Crippen LogP) is 1.61. The van der Waals surface area contributed by atoms with Crippen molar-refractivity contribution in [2.45, 2.75) is 43.7 Å². The quantitative estimate of drug-likeness (QED) is 0.823. The highest BCUT2D eigenvalue weighted by molar-refractivity contribution is 7.89. The molecule has 0 spiro atoms. The number of hydrogen-bond donors (Lipinski definition) is 2. The number of rotatable bonds is 6. The zero-order chi connectivity index (χ0) is 13.2. The lowest BCUT2D eigenvalue weighted by atomic mass is 10.1. The minimum absolute atomic E-state index is 0.177. The topological polar surface area (TPSA) is 72.2 Å². The molecule has 18 heavy (non-hydrogen) atoms. The first-order valence-electron chi connectivity index (χ1n) is 6.30. The van der Waals surface area contributed by atoms with Gasteiger partial charge >= 0.3 is 0 Å². The van der Waals surface area contributed by atoms with Crippen LogP contribution in [0.25, 0.3) is 0 Å². The van der Waals surface area contributed by atoms with E-state index in [1.54, 1.807) is 12.1 Å². The van der Waals surface area contributed by atoms with Gasteiger partial charge in [0.2, 0.25) is 10.0 Å². The summed E-state index contributed by atoms with van der Waals surface area (Å²) >= 11 is 0. The minimum Gasteiger partial charge on any atom is -0.310 e. The van der Waals surface area contributed by atoms with Crippen molar-refractivity contribution in [2.75, 3.05) is 0 Å². The third-order valence-electron chi connectivity index (χ3n) is 3.27. The predicted molar refractivity (Wildman–Crippen MR) is 71.5 cm³/mol. The first kappa shape index (κ1) is 13.5. The van der Waals surface area contributed by atoms with Gasteiger partial charge in [0.1, 0.15) is 0 Å². The second kappa shape index (κ2) is 5.38. The Kier molecular flexibility index (Phi) is 4.04. The lowest BCUT2D eigenvalue weighted by Gasteiger charge is -2.13. The molecular weight excluding hydrogens is 248 g/mol. The van der Waals surface area contributed by atoms with Crippen LogP contribution in [-0.2, 0) is 16.6 Å². The molecule has 1 fully saturated rings. The Morgan fingerprint density at radius 1 is 1.44 bits per heavy atom. The number of sulfonamides is 1. The molecule has 3 N–H and O–H groups in total. The Morgan fingerprint density at radius 3 is 2.78 bits per heavy atom. The Bertz CT molecular complexity index is 509. The molecule has 0 aromatic heterocycles. The average Bonchev–Trinajstić information content (AvgIpc) is 3.10. The first-order valence-corrected chi connectivity index (χ1v) is 7.85. The highest BCUT2D eigenvalue weighted by Crippen LogP contribution is 2.33. The number of benzene rings is 1. The number of hydrogen-bond acceptors (Lipinski definition) is 3. The molecule has 0 radical (unpaired) electrons. The Morgan fingerprint density at radius 2 is 2.17 bits per heavy atom. The second-order valence-electron chi connectivity index (χ2n) is 5.15. The summed E-state index contributed by atoms with van der Waals surface area (Å²) < 4.78 is 22.5. The highest BCUT2D eigenvalue weighted by Gasteiger charge is 2.23. The van der Waals surface area contributed by atoms with Gasteiger partial charge in [-0.25, -0.2) is 13.6 Å². The van der Waals surface area contributed by atoms with Crippen molar-refractivity contribution < 1.29 is 8.42 Å². The lowest BCUT2D eigenvalue weighted by Crippen LogP contribution is -2.26. The van der Waals surface area contributed by atoms with Crippen molar-refractivity contribution in [3.8, 4) is 0 Å². The fourth-order valence-electron chi connectivity index (χ4n) is 2.06. The molecule has 4 nitrogen and oxygen atoms in total. The molecule has 0 saturated heterocycles. The third-order valence-corrected chi connectivity index (χ3v) is 4.18. The van der Waals surface area contributed by atoms with Gasteiger partial charge in [-0.1, -0.05) is 25.0 Å². The van der Waals surface area contributed by atoms with Crippen molar-refractivity contribution in [1.82, 2.24) is 5.32 Å². The molecule has 0 amide bonds. The maximum Gasteiger partial charge on any atom is 0.238 e. The Labute approximate surface area is 109 Å². The van der Waals surface area contributed by atoms with Gasteiger partial charge in [-0.05, 0) is 37.0 Å². The van der Waals surface area contributed by atoms with Crippen LogP contribution >= 0.6 is 0 Å². The summed E-state index contributed by atoms with van der Waals surface area (Å²) in [5.74, 6) is 0.892. The second-order valence-corrected chi connectivity index (χ2v) is 6.71. The molecule has 1 aromatic carbocycles. The maximum atomic E-state index is 11.2. The Hall–Kier alpha value is -0.910. The summed E-state index contributed by atoms with van der Waals surface area (Å²) in [7, 11) is -3.60. The molecule has 0 heterocycles. The lowest BCUT2D eigenvalue weighted by molar-refractivity contribution is 0.487. The van der Waals surface area contributed by atoms with Gasteiger partial charge in [0.15, 0.2) is 0 Å². The third kappa shape index (κ3) is 4.08. The monoisotopic (exact) mass is 268 g/mol. The minimum atomic E-state index is -3.60.